The van der Waals surface area contributed by atoms with Crippen molar-refractivity contribution < 1.29 is 4.79 Å². The van der Waals surface area contributed by atoms with Gasteiger partial charge < -0.3 is 10.2 Å². The molecule has 1 amide bonds. The van der Waals surface area contributed by atoms with Crippen molar-refractivity contribution in [1.82, 2.24) is 20.0 Å². The van der Waals surface area contributed by atoms with Gasteiger partial charge in [-0.25, -0.2) is 0 Å². The lowest BCUT2D eigenvalue weighted by Crippen LogP contribution is -2.38. The van der Waals surface area contributed by atoms with Crippen LogP contribution in [0.5, 0.6) is 0 Å². The third kappa shape index (κ3) is 4.43. The quantitative estimate of drug-likeness (QED) is 0.788. The Morgan fingerprint density at radius 2 is 2.10 bits per heavy atom. The van der Waals surface area contributed by atoms with Crippen LogP contribution in [0.3, 0.4) is 0 Å². The molecule has 0 aliphatic heterocycles. The Labute approximate surface area is 125 Å². The number of hydrogen-bond donors (Lipinski definition) is 1. The number of likely N-dealkylation sites (N-methyl/N-ethyl adjacent to an activating group) is 1. The van der Waals surface area contributed by atoms with Gasteiger partial charge in [0.15, 0.2) is 0 Å². The first-order valence-electron chi connectivity index (χ1n) is 7.17. The molecule has 1 N–H and O–H groups in total. The summed E-state index contributed by atoms with van der Waals surface area (Å²) in [6.07, 6.45) is 3.66. The summed E-state index contributed by atoms with van der Waals surface area (Å²) < 4.78 is 1.84. The van der Waals surface area contributed by atoms with Gasteiger partial charge >= 0.3 is 0 Å². The second-order valence-electron chi connectivity index (χ2n) is 5.04. The van der Waals surface area contributed by atoms with Crippen molar-refractivity contribution in [2.75, 3.05) is 20.1 Å². The molecule has 0 saturated heterocycles. The standard InChI is InChI=1S/C16H22N4O/c1-14(15-7-4-3-5-8-15)19(2)16(21)13-17-10-12-20-11-6-9-18-20/h3-9,11,14,17H,10,12-13H2,1-2H3/t14-/m0/s1. The Hall–Kier alpha value is -2.14. The SMILES string of the molecule is C[C@@H](c1ccccc1)N(C)C(=O)CNCCn1cccn1. The molecule has 21 heavy (non-hydrogen) atoms. The van der Waals surface area contributed by atoms with Crippen molar-refractivity contribution in [1.29, 1.82) is 0 Å². The Morgan fingerprint density at radius 3 is 2.76 bits per heavy atom. The maximum absolute atomic E-state index is 12.2. The third-order valence-corrected chi connectivity index (χ3v) is 3.61. The first kappa shape index (κ1) is 15.3. The minimum Gasteiger partial charge on any atom is -0.338 e. The molecule has 5 heteroatoms. The minimum absolute atomic E-state index is 0.0756. The first-order valence-corrected chi connectivity index (χ1v) is 7.17. The maximum Gasteiger partial charge on any atom is 0.236 e. The second kappa shape index (κ2) is 7.59. The van der Waals surface area contributed by atoms with Gasteiger partial charge in [0.25, 0.3) is 0 Å². The van der Waals surface area contributed by atoms with E-state index in [1.807, 2.05) is 61.2 Å². The highest BCUT2D eigenvalue weighted by atomic mass is 16.2. The second-order valence-corrected chi connectivity index (χ2v) is 5.04. The number of hydrogen-bond acceptors (Lipinski definition) is 3. The Morgan fingerprint density at radius 1 is 1.33 bits per heavy atom. The van der Waals surface area contributed by atoms with E-state index in [1.54, 1.807) is 11.1 Å². The molecule has 1 aromatic carbocycles. The average molecular weight is 286 g/mol. The first-order chi connectivity index (χ1) is 10.2. The number of carbonyl (C=O) groups excluding carboxylic acids is 1. The fourth-order valence-corrected chi connectivity index (χ4v) is 2.12. The molecular formula is C16H22N4O. The average Bonchev–Trinajstić information content (AvgIpc) is 3.04. The van der Waals surface area contributed by atoms with Gasteiger partial charge in [0.05, 0.1) is 19.1 Å². The zero-order valence-corrected chi connectivity index (χ0v) is 12.6. The third-order valence-electron chi connectivity index (χ3n) is 3.61. The van der Waals surface area contributed by atoms with E-state index in [9.17, 15) is 4.79 Å². The normalized spacial score (nSPS) is 12.1. The van der Waals surface area contributed by atoms with Crippen LogP contribution in [0.25, 0.3) is 0 Å². The van der Waals surface area contributed by atoms with E-state index in [4.69, 9.17) is 0 Å². The Balaban J connectivity index is 1.74. The monoisotopic (exact) mass is 286 g/mol. The van der Waals surface area contributed by atoms with Crippen LogP contribution in [-0.2, 0) is 11.3 Å². The molecule has 0 bridgehead atoms. The summed E-state index contributed by atoms with van der Waals surface area (Å²) in [5, 5.41) is 7.28. The minimum atomic E-state index is 0.0756. The lowest BCUT2D eigenvalue weighted by Gasteiger charge is -2.25. The molecule has 2 rings (SSSR count). The van der Waals surface area contributed by atoms with Gasteiger partial charge in [0.2, 0.25) is 5.91 Å². The summed E-state index contributed by atoms with van der Waals surface area (Å²) in [6, 6.07) is 12.0. The summed E-state index contributed by atoms with van der Waals surface area (Å²) in [5.41, 5.74) is 1.14. The van der Waals surface area contributed by atoms with Crippen molar-refractivity contribution >= 4 is 5.91 Å². The number of nitrogens with one attached hydrogen (secondary N) is 1. The molecule has 112 valence electrons. The van der Waals surface area contributed by atoms with Crippen LogP contribution < -0.4 is 5.32 Å². The van der Waals surface area contributed by atoms with E-state index < -0.39 is 0 Å². The topological polar surface area (TPSA) is 50.2 Å². The van der Waals surface area contributed by atoms with Gasteiger partial charge in [-0.15, -0.1) is 0 Å². The van der Waals surface area contributed by atoms with Gasteiger partial charge in [0.1, 0.15) is 0 Å². The molecule has 1 aromatic heterocycles. The smallest absolute Gasteiger partial charge is 0.236 e. The number of aromatic nitrogens is 2. The fraction of sp³-hybridized carbons (Fsp3) is 0.375. The molecule has 0 unspecified atom stereocenters. The van der Waals surface area contributed by atoms with E-state index >= 15 is 0 Å². The highest BCUT2D eigenvalue weighted by Crippen LogP contribution is 2.17. The van der Waals surface area contributed by atoms with Crippen LogP contribution >= 0.6 is 0 Å². The predicted molar refractivity (Wildman–Crippen MR) is 82.7 cm³/mol. The van der Waals surface area contributed by atoms with Crippen LogP contribution in [0, 0.1) is 0 Å². The molecule has 5 nitrogen and oxygen atoms in total. The van der Waals surface area contributed by atoms with Gasteiger partial charge in [-0.05, 0) is 18.6 Å². The number of benzene rings is 1. The molecule has 1 heterocycles. The Kier molecular flexibility index (Phi) is 5.51. The molecule has 2 aromatic rings. The number of nitrogens with zero attached hydrogens (tertiary/aromatic N) is 3. The van der Waals surface area contributed by atoms with Gasteiger partial charge in [-0.1, -0.05) is 30.3 Å². The molecule has 0 aliphatic carbocycles. The summed E-state index contributed by atoms with van der Waals surface area (Å²) >= 11 is 0. The maximum atomic E-state index is 12.2. The van der Waals surface area contributed by atoms with Crippen molar-refractivity contribution in [2.45, 2.75) is 19.5 Å². The summed E-state index contributed by atoms with van der Waals surface area (Å²) in [6.45, 7) is 3.87. The lowest BCUT2D eigenvalue weighted by molar-refractivity contribution is -0.130. The number of rotatable bonds is 7. The molecular weight excluding hydrogens is 264 g/mol. The Bertz CT molecular complexity index is 539. The summed E-state index contributed by atoms with van der Waals surface area (Å²) in [7, 11) is 1.84. The van der Waals surface area contributed by atoms with Crippen LogP contribution in [0.4, 0.5) is 0 Å². The molecule has 0 spiro atoms. The highest BCUT2D eigenvalue weighted by Gasteiger charge is 2.16. The van der Waals surface area contributed by atoms with E-state index in [0.717, 1.165) is 18.7 Å². The van der Waals surface area contributed by atoms with Crippen LogP contribution in [0.15, 0.2) is 48.8 Å². The van der Waals surface area contributed by atoms with E-state index in [1.165, 1.54) is 0 Å². The van der Waals surface area contributed by atoms with Crippen molar-refractivity contribution in [3.63, 3.8) is 0 Å². The van der Waals surface area contributed by atoms with Gasteiger partial charge in [-0.3, -0.25) is 9.48 Å². The molecule has 0 saturated carbocycles. The van der Waals surface area contributed by atoms with E-state index in [-0.39, 0.29) is 11.9 Å². The zero-order valence-electron chi connectivity index (χ0n) is 12.6. The zero-order chi connectivity index (χ0) is 15.1. The fourth-order valence-electron chi connectivity index (χ4n) is 2.12. The summed E-state index contributed by atoms with van der Waals surface area (Å²) in [5.74, 6) is 0.0896. The summed E-state index contributed by atoms with van der Waals surface area (Å²) in [4.78, 5) is 13.9. The van der Waals surface area contributed by atoms with Crippen LogP contribution in [0.1, 0.15) is 18.5 Å². The lowest BCUT2D eigenvalue weighted by atomic mass is 10.1. The molecule has 0 fully saturated rings. The van der Waals surface area contributed by atoms with Crippen molar-refractivity contribution in [3.05, 3.63) is 54.4 Å². The van der Waals surface area contributed by atoms with Crippen molar-refractivity contribution in [3.8, 4) is 0 Å². The largest absolute Gasteiger partial charge is 0.338 e. The molecule has 0 aliphatic rings. The van der Waals surface area contributed by atoms with Crippen LogP contribution in [0.2, 0.25) is 0 Å². The van der Waals surface area contributed by atoms with Gasteiger partial charge in [-0.2, -0.15) is 5.10 Å². The number of amides is 1. The molecule has 0 radical (unpaired) electrons. The number of carbonyl (C=O) groups is 1. The predicted octanol–water partition coefficient (Wildman–Crippen LogP) is 1.69. The van der Waals surface area contributed by atoms with Gasteiger partial charge in [0, 0.05) is 26.0 Å². The van der Waals surface area contributed by atoms with Crippen LogP contribution in [-0.4, -0.2) is 40.7 Å². The van der Waals surface area contributed by atoms with E-state index in [0.29, 0.717) is 6.54 Å². The highest BCUT2D eigenvalue weighted by molar-refractivity contribution is 5.78. The molecule has 1 atom stereocenters. The van der Waals surface area contributed by atoms with Crippen molar-refractivity contribution in [2.24, 2.45) is 0 Å². The van der Waals surface area contributed by atoms with E-state index in [2.05, 4.69) is 10.4 Å².